The molecule has 1 nitrogen and oxygen atoms in total. The van der Waals surface area contributed by atoms with Gasteiger partial charge in [-0.3, -0.25) is 4.79 Å². The Hall–Kier alpha value is -0.530. The SMILES string of the molecule is C.CC.Cc1c(Cl)cc(C=O)cc1Cl. The van der Waals surface area contributed by atoms with E-state index in [1.54, 1.807) is 19.1 Å². The zero-order valence-corrected chi connectivity index (χ0v) is 9.41. The molecule has 1 aromatic carbocycles. The molecule has 0 amide bonds. The lowest BCUT2D eigenvalue weighted by Crippen LogP contribution is -1.83. The minimum Gasteiger partial charge on any atom is -0.298 e. The molecule has 1 rings (SSSR count). The van der Waals surface area contributed by atoms with E-state index in [0.29, 0.717) is 15.6 Å². The van der Waals surface area contributed by atoms with Crippen LogP contribution in [0.15, 0.2) is 12.1 Å². The van der Waals surface area contributed by atoms with Gasteiger partial charge in [0.2, 0.25) is 0 Å². The first-order valence-corrected chi connectivity index (χ1v) is 4.81. The minimum atomic E-state index is 0. The van der Waals surface area contributed by atoms with Gasteiger partial charge in [0.1, 0.15) is 6.29 Å². The van der Waals surface area contributed by atoms with Gasteiger partial charge in [-0.2, -0.15) is 0 Å². The number of carbonyl (C=O) groups excluding carboxylic acids is 1. The van der Waals surface area contributed by atoms with E-state index in [1.807, 2.05) is 13.8 Å². The number of rotatable bonds is 1. The van der Waals surface area contributed by atoms with E-state index in [4.69, 9.17) is 23.2 Å². The Balaban J connectivity index is 0. The first-order chi connectivity index (χ1) is 6.15. The summed E-state index contributed by atoms with van der Waals surface area (Å²) in [5.74, 6) is 0. The number of benzene rings is 1. The molecule has 0 atom stereocenters. The summed E-state index contributed by atoms with van der Waals surface area (Å²) in [6, 6.07) is 3.19. The van der Waals surface area contributed by atoms with Crippen LogP contribution in [0.25, 0.3) is 0 Å². The quantitative estimate of drug-likeness (QED) is 0.640. The van der Waals surface area contributed by atoms with E-state index in [-0.39, 0.29) is 7.43 Å². The molecule has 0 aliphatic rings. The number of carbonyl (C=O) groups is 1. The zero-order valence-electron chi connectivity index (χ0n) is 7.90. The first kappa shape index (κ1) is 15.9. The van der Waals surface area contributed by atoms with Crippen LogP contribution in [0.1, 0.15) is 37.2 Å². The van der Waals surface area contributed by atoms with Gasteiger partial charge in [0.05, 0.1) is 0 Å². The second kappa shape index (κ2) is 7.84. The van der Waals surface area contributed by atoms with Crippen molar-refractivity contribution in [2.75, 3.05) is 0 Å². The van der Waals surface area contributed by atoms with Crippen molar-refractivity contribution >= 4 is 29.5 Å². The topological polar surface area (TPSA) is 17.1 Å². The number of hydrogen-bond acceptors (Lipinski definition) is 1. The number of aldehydes is 1. The summed E-state index contributed by atoms with van der Waals surface area (Å²) in [6.07, 6.45) is 0.719. The Bertz CT molecular complexity index is 272. The van der Waals surface area contributed by atoms with Gasteiger partial charge in [-0.15, -0.1) is 0 Å². The molecule has 0 heterocycles. The summed E-state index contributed by atoms with van der Waals surface area (Å²) >= 11 is 11.5. The molecule has 0 aliphatic heterocycles. The normalized spacial score (nSPS) is 8.07. The van der Waals surface area contributed by atoms with E-state index < -0.39 is 0 Å². The van der Waals surface area contributed by atoms with Crippen LogP contribution in [0, 0.1) is 6.92 Å². The highest BCUT2D eigenvalue weighted by Crippen LogP contribution is 2.24. The smallest absolute Gasteiger partial charge is 0.150 e. The van der Waals surface area contributed by atoms with Crippen molar-refractivity contribution < 1.29 is 4.79 Å². The predicted octanol–water partition coefficient (Wildman–Crippen LogP) is 4.78. The van der Waals surface area contributed by atoms with E-state index in [9.17, 15) is 4.79 Å². The third kappa shape index (κ3) is 4.12. The van der Waals surface area contributed by atoms with Crippen LogP contribution in [0.3, 0.4) is 0 Å². The molecule has 0 aromatic heterocycles. The fourth-order valence-electron chi connectivity index (χ4n) is 0.733. The molecule has 0 radical (unpaired) electrons. The lowest BCUT2D eigenvalue weighted by atomic mass is 10.2. The van der Waals surface area contributed by atoms with Gasteiger partial charge in [-0.05, 0) is 24.6 Å². The molecule has 0 spiro atoms. The van der Waals surface area contributed by atoms with Gasteiger partial charge in [0, 0.05) is 15.6 Å². The number of halogens is 2. The lowest BCUT2D eigenvalue weighted by molar-refractivity contribution is 0.112. The van der Waals surface area contributed by atoms with Crippen LogP contribution in [-0.4, -0.2) is 6.29 Å². The highest BCUT2D eigenvalue weighted by Gasteiger charge is 2.02. The second-order valence-corrected chi connectivity index (χ2v) is 3.04. The fourth-order valence-corrected chi connectivity index (χ4v) is 1.24. The summed E-state index contributed by atoms with van der Waals surface area (Å²) in [4.78, 5) is 10.3. The molecule has 1 aromatic rings. The molecule has 0 unspecified atom stereocenters. The van der Waals surface area contributed by atoms with Gasteiger partial charge in [0.15, 0.2) is 0 Å². The van der Waals surface area contributed by atoms with E-state index in [1.165, 1.54) is 0 Å². The maximum Gasteiger partial charge on any atom is 0.150 e. The van der Waals surface area contributed by atoms with Crippen molar-refractivity contribution in [2.45, 2.75) is 28.2 Å². The summed E-state index contributed by atoms with van der Waals surface area (Å²) in [7, 11) is 0. The van der Waals surface area contributed by atoms with Crippen molar-refractivity contribution in [3.8, 4) is 0 Å². The van der Waals surface area contributed by atoms with Gasteiger partial charge in [-0.25, -0.2) is 0 Å². The molecular weight excluding hydrogens is 219 g/mol. The molecule has 0 saturated heterocycles. The standard InChI is InChI=1S/C8H6Cl2O.C2H6.CH4/c1-5-7(9)2-6(4-11)3-8(5)10;1-2;/h2-4H,1H3;1-2H3;1H4. The molecular formula is C11H16Cl2O. The maximum atomic E-state index is 10.3. The fraction of sp³-hybridized carbons (Fsp3) is 0.364. The predicted molar refractivity (Wildman–Crippen MR) is 64.7 cm³/mol. The highest BCUT2D eigenvalue weighted by molar-refractivity contribution is 6.36. The van der Waals surface area contributed by atoms with Gasteiger partial charge >= 0.3 is 0 Å². The molecule has 0 N–H and O–H groups in total. The maximum absolute atomic E-state index is 10.3. The largest absolute Gasteiger partial charge is 0.298 e. The van der Waals surface area contributed by atoms with Crippen LogP contribution in [0.4, 0.5) is 0 Å². The van der Waals surface area contributed by atoms with Gasteiger partial charge in [0.25, 0.3) is 0 Å². The van der Waals surface area contributed by atoms with Crippen LogP contribution < -0.4 is 0 Å². The number of hydrogen-bond donors (Lipinski definition) is 0. The molecule has 0 saturated carbocycles. The first-order valence-electron chi connectivity index (χ1n) is 4.06. The van der Waals surface area contributed by atoms with Crippen LogP contribution in [-0.2, 0) is 0 Å². The summed E-state index contributed by atoms with van der Waals surface area (Å²) in [6.45, 7) is 5.80. The molecule has 3 heteroatoms. The average Bonchev–Trinajstić information content (AvgIpc) is 2.16. The minimum absolute atomic E-state index is 0. The van der Waals surface area contributed by atoms with Crippen LogP contribution >= 0.6 is 23.2 Å². The summed E-state index contributed by atoms with van der Waals surface area (Å²) < 4.78 is 0. The average molecular weight is 235 g/mol. The van der Waals surface area contributed by atoms with Crippen molar-refractivity contribution in [1.29, 1.82) is 0 Å². The lowest BCUT2D eigenvalue weighted by Gasteiger charge is -2.00. The molecule has 0 bridgehead atoms. The molecule has 0 fully saturated rings. The highest BCUT2D eigenvalue weighted by atomic mass is 35.5. The van der Waals surface area contributed by atoms with Gasteiger partial charge in [-0.1, -0.05) is 44.5 Å². The van der Waals surface area contributed by atoms with Crippen molar-refractivity contribution in [3.05, 3.63) is 33.3 Å². The third-order valence-corrected chi connectivity index (χ3v) is 2.22. The van der Waals surface area contributed by atoms with Gasteiger partial charge < -0.3 is 0 Å². The van der Waals surface area contributed by atoms with E-state index in [2.05, 4.69) is 0 Å². The Labute approximate surface area is 96.0 Å². The van der Waals surface area contributed by atoms with Crippen LogP contribution in [0.5, 0.6) is 0 Å². The van der Waals surface area contributed by atoms with Crippen molar-refractivity contribution in [3.63, 3.8) is 0 Å². The van der Waals surface area contributed by atoms with Crippen molar-refractivity contribution in [1.82, 2.24) is 0 Å². The van der Waals surface area contributed by atoms with Crippen molar-refractivity contribution in [2.24, 2.45) is 0 Å². The monoisotopic (exact) mass is 234 g/mol. The zero-order chi connectivity index (χ0) is 10.4. The Morgan fingerprint density at radius 1 is 1.14 bits per heavy atom. The van der Waals surface area contributed by atoms with E-state index >= 15 is 0 Å². The summed E-state index contributed by atoms with van der Waals surface area (Å²) in [5, 5.41) is 1.05. The Kier molecular flexibility index (Phi) is 8.91. The summed E-state index contributed by atoms with van der Waals surface area (Å²) in [5.41, 5.74) is 1.31. The van der Waals surface area contributed by atoms with Crippen LogP contribution in [0.2, 0.25) is 10.0 Å². The molecule has 80 valence electrons. The second-order valence-electron chi connectivity index (χ2n) is 2.23. The Morgan fingerprint density at radius 3 is 1.79 bits per heavy atom. The molecule has 14 heavy (non-hydrogen) atoms. The Morgan fingerprint density at radius 2 is 1.50 bits per heavy atom. The van der Waals surface area contributed by atoms with E-state index in [0.717, 1.165) is 11.8 Å². The third-order valence-electron chi connectivity index (χ3n) is 1.44. The molecule has 0 aliphatic carbocycles.